The Bertz CT molecular complexity index is 474. The van der Waals surface area contributed by atoms with Gasteiger partial charge in [-0.1, -0.05) is 30.3 Å². The highest BCUT2D eigenvalue weighted by Crippen LogP contribution is 2.10. The first-order valence-corrected chi connectivity index (χ1v) is 6.04. The molecule has 0 bridgehead atoms. The van der Waals surface area contributed by atoms with E-state index in [2.05, 4.69) is 4.85 Å². The maximum atomic E-state index is 11.5. The van der Waals surface area contributed by atoms with Crippen LogP contribution in [0.5, 0.6) is 0 Å². The first-order chi connectivity index (χ1) is 9.19. The van der Waals surface area contributed by atoms with Gasteiger partial charge in [-0.25, -0.2) is 11.4 Å². The van der Waals surface area contributed by atoms with E-state index in [1.807, 2.05) is 30.3 Å². The fourth-order valence-corrected chi connectivity index (χ4v) is 1.47. The van der Waals surface area contributed by atoms with Gasteiger partial charge in [0.05, 0.1) is 18.4 Å². The monoisotopic (exact) mass is 259 g/mol. The molecule has 1 rings (SSSR count). The number of hydrogen-bond acceptors (Lipinski definition) is 3. The molecule has 100 valence electrons. The van der Waals surface area contributed by atoms with Crippen LogP contribution in [-0.2, 0) is 20.9 Å². The van der Waals surface area contributed by atoms with Crippen LogP contribution in [0.1, 0.15) is 19.4 Å². The van der Waals surface area contributed by atoms with Gasteiger partial charge in [0, 0.05) is 0 Å². The van der Waals surface area contributed by atoms with Crippen LogP contribution >= 0.6 is 0 Å². The Balaban J connectivity index is 2.56. The maximum Gasteiger partial charge on any atom is 0.395 e. The molecule has 1 aromatic carbocycles. The van der Waals surface area contributed by atoms with Crippen molar-refractivity contribution in [1.82, 2.24) is 0 Å². The zero-order valence-corrected chi connectivity index (χ0v) is 11.1. The molecule has 0 radical (unpaired) electrons. The van der Waals surface area contributed by atoms with Crippen molar-refractivity contribution in [3.8, 4) is 0 Å². The van der Waals surface area contributed by atoms with Crippen molar-refractivity contribution in [1.29, 1.82) is 0 Å². The number of carbonyl (C=O) groups excluding carboxylic acids is 1. The maximum absolute atomic E-state index is 11.5. The second kappa shape index (κ2) is 7.93. The fraction of sp³-hybridized carbons (Fsp3) is 0.333. The van der Waals surface area contributed by atoms with Gasteiger partial charge in [0.15, 0.2) is 0 Å². The summed E-state index contributed by atoms with van der Waals surface area (Å²) in [6.07, 6.45) is 1.45. The third-order valence-corrected chi connectivity index (χ3v) is 2.43. The number of benzene rings is 1. The van der Waals surface area contributed by atoms with Crippen molar-refractivity contribution in [3.05, 3.63) is 59.1 Å². The molecule has 0 heterocycles. The summed E-state index contributed by atoms with van der Waals surface area (Å²) in [7, 11) is 0. The third kappa shape index (κ3) is 4.84. The van der Waals surface area contributed by atoms with Gasteiger partial charge in [-0.3, -0.25) is 4.85 Å². The number of esters is 1. The van der Waals surface area contributed by atoms with Crippen molar-refractivity contribution in [3.63, 3.8) is 0 Å². The normalized spacial score (nSPS) is 12.4. The molecule has 0 spiro atoms. The van der Waals surface area contributed by atoms with Crippen molar-refractivity contribution in [2.75, 3.05) is 6.61 Å². The van der Waals surface area contributed by atoms with Crippen LogP contribution in [0.3, 0.4) is 0 Å². The summed E-state index contributed by atoms with van der Waals surface area (Å²) >= 11 is 0. The third-order valence-electron chi connectivity index (χ3n) is 2.43. The Morgan fingerprint density at radius 2 is 2.11 bits per heavy atom. The molecule has 0 saturated heterocycles. The Hall–Kier alpha value is -2.28. The summed E-state index contributed by atoms with van der Waals surface area (Å²) in [6, 6.07) is 8.75. The summed E-state index contributed by atoms with van der Waals surface area (Å²) < 4.78 is 10.2. The van der Waals surface area contributed by atoms with E-state index in [1.54, 1.807) is 13.8 Å². The lowest BCUT2D eigenvalue weighted by atomic mass is 10.1. The number of carbonyl (C=O) groups is 1. The number of nitrogens with zero attached hydrogens (tertiary/aromatic N) is 1. The molecule has 0 aliphatic rings. The summed E-state index contributed by atoms with van der Waals surface area (Å²) in [5.41, 5.74) is 1.58. The topological polar surface area (TPSA) is 39.9 Å². The molecule has 0 amide bonds. The molecule has 19 heavy (non-hydrogen) atoms. The Morgan fingerprint density at radius 1 is 1.42 bits per heavy atom. The van der Waals surface area contributed by atoms with Crippen LogP contribution in [0.2, 0.25) is 0 Å². The minimum atomic E-state index is -0.921. The van der Waals surface area contributed by atoms with E-state index < -0.39 is 12.0 Å². The Morgan fingerprint density at radius 3 is 2.68 bits per heavy atom. The predicted octanol–water partition coefficient (Wildman–Crippen LogP) is 2.96. The molecule has 0 aliphatic carbocycles. The lowest BCUT2D eigenvalue weighted by molar-refractivity contribution is -0.142. The van der Waals surface area contributed by atoms with Crippen LogP contribution in [0.4, 0.5) is 0 Å². The van der Waals surface area contributed by atoms with E-state index >= 15 is 0 Å². The van der Waals surface area contributed by atoms with Gasteiger partial charge in [-0.2, -0.15) is 0 Å². The standard InChI is InChI=1S/C15H17NO3/c1-4-19-15(17)14(16-3)12(2)10-18-11-13-8-6-5-7-9-13/h5-10,14H,4,11H2,1-2H3/b12-10-. The molecule has 0 aliphatic heterocycles. The van der Waals surface area contributed by atoms with Crippen LogP contribution < -0.4 is 0 Å². The summed E-state index contributed by atoms with van der Waals surface area (Å²) in [5.74, 6) is -0.533. The van der Waals surface area contributed by atoms with Crippen LogP contribution in [0.25, 0.3) is 4.85 Å². The fourth-order valence-electron chi connectivity index (χ4n) is 1.47. The minimum Gasteiger partial charge on any atom is -0.496 e. The van der Waals surface area contributed by atoms with Gasteiger partial charge < -0.3 is 9.47 Å². The molecule has 4 nitrogen and oxygen atoms in total. The number of hydrogen-bond donors (Lipinski definition) is 0. The van der Waals surface area contributed by atoms with E-state index in [1.165, 1.54) is 6.26 Å². The molecule has 1 aromatic rings. The van der Waals surface area contributed by atoms with E-state index in [0.717, 1.165) is 5.56 Å². The second-order valence-electron chi connectivity index (χ2n) is 3.94. The smallest absolute Gasteiger partial charge is 0.395 e. The lowest BCUT2D eigenvalue weighted by Gasteiger charge is -2.06. The summed E-state index contributed by atoms with van der Waals surface area (Å²) in [4.78, 5) is 14.8. The van der Waals surface area contributed by atoms with Gasteiger partial charge >= 0.3 is 12.0 Å². The molecule has 0 fully saturated rings. The lowest BCUT2D eigenvalue weighted by Crippen LogP contribution is -2.21. The number of ether oxygens (including phenoxy) is 2. The van der Waals surface area contributed by atoms with Crippen LogP contribution in [-0.4, -0.2) is 18.6 Å². The molecule has 0 N–H and O–H groups in total. The molecule has 0 aromatic heterocycles. The quantitative estimate of drug-likeness (QED) is 0.448. The molecular formula is C15H17NO3. The first kappa shape index (κ1) is 14.8. The van der Waals surface area contributed by atoms with Crippen molar-refractivity contribution in [2.24, 2.45) is 0 Å². The number of rotatable bonds is 6. The second-order valence-corrected chi connectivity index (χ2v) is 3.94. The predicted molar refractivity (Wildman–Crippen MR) is 72.0 cm³/mol. The highest BCUT2D eigenvalue weighted by Gasteiger charge is 2.27. The van der Waals surface area contributed by atoms with Crippen molar-refractivity contribution >= 4 is 5.97 Å². The zero-order valence-electron chi connectivity index (χ0n) is 11.1. The molecule has 1 atom stereocenters. The van der Waals surface area contributed by atoms with Gasteiger partial charge in [0.25, 0.3) is 0 Å². The van der Waals surface area contributed by atoms with Crippen LogP contribution in [0, 0.1) is 6.57 Å². The van der Waals surface area contributed by atoms with Crippen molar-refractivity contribution < 1.29 is 14.3 Å². The van der Waals surface area contributed by atoms with Gasteiger partial charge in [-0.05, 0) is 19.4 Å². The van der Waals surface area contributed by atoms with E-state index in [4.69, 9.17) is 16.0 Å². The zero-order chi connectivity index (χ0) is 14.1. The van der Waals surface area contributed by atoms with Gasteiger partial charge in [0.2, 0.25) is 0 Å². The Labute approximate surface area is 113 Å². The molecular weight excluding hydrogens is 242 g/mol. The molecule has 0 saturated carbocycles. The summed E-state index contributed by atoms with van der Waals surface area (Å²) in [6.45, 7) is 11.1. The average molecular weight is 259 g/mol. The highest BCUT2D eigenvalue weighted by atomic mass is 16.5. The molecule has 4 heteroatoms. The van der Waals surface area contributed by atoms with E-state index in [9.17, 15) is 4.79 Å². The average Bonchev–Trinajstić information content (AvgIpc) is 2.41. The van der Waals surface area contributed by atoms with Gasteiger partial charge in [0.1, 0.15) is 6.61 Å². The van der Waals surface area contributed by atoms with E-state index in [0.29, 0.717) is 12.2 Å². The largest absolute Gasteiger partial charge is 0.496 e. The van der Waals surface area contributed by atoms with Crippen molar-refractivity contribution in [2.45, 2.75) is 26.5 Å². The van der Waals surface area contributed by atoms with Gasteiger partial charge in [-0.15, -0.1) is 0 Å². The minimum absolute atomic E-state index is 0.267. The van der Waals surface area contributed by atoms with E-state index in [-0.39, 0.29) is 6.61 Å². The SMILES string of the molecule is [C-]#[N+]C(C(=O)OCC)/C(C)=C\OCc1ccccc1. The first-order valence-electron chi connectivity index (χ1n) is 6.04. The molecule has 1 unspecified atom stereocenters. The Kier molecular flexibility index (Phi) is 6.17. The summed E-state index contributed by atoms with van der Waals surface area (Å²) in [5, 5.41) is 0. The highest BCUT2D eigenvalue weighted by molar-refractivity contribution is 5.81. The van der Waals surface area contributed by atoms with Crippen LogP contribution in [0.15, 0.2) is 42.2 Å².